The fraction of sp³-hybridized carbons (Fsp3) is 0.214. The van der Waals surface area contributed by atoms with Gasteiger partial charge in [-0.15, -0.1) is 0 Å². The molecule has 0 saturated heterocycles. The highest BCUT2D eigenvalue weighted by Crippen LogP contribution is 2.22. The Kier molecular flexibility index (Phi) is 3.74. The number of aromatic nitrogens is 2. The van der Waals surface area contributed by atoms with Gasteiger partial charge in [0.25, 0.3) is 0 Å². The van der Waals surface area contributed by atoms with E-state index in [4.69, 9.17) is 4.99 Å². The van der Waals surface area contributed by atoms with Gasteiger partial charge in [-0.1, -0.05) is 42.1 Å². The number of nitrogens with one attached hydrogen (secondary N) is 1. The molecule has 0 radical (unpaired) electrons. The van der Waals surface area contributed by atoms with Gasteiger partial charge in [0.05, 0.1) is 24.1 Å². The zero-order valence-electron chi connectivity index (χ0n) is 10.4. The van der Waals surface area contributed by atoms with Gasteiger partial charge in [0.15, 0.2) is 5.17 Å². The van der Waals surface area contributed by atoms with Crippen LogP contribution in [0.4, 0.5) is 5.69 Å². The molecular formula is C14H14N4S. The molecule has 0 bridgehead atoms. The van der Waals surface area contributed by atoms with E-state index in [0.29, 0.717) is 6.04 Å². The Balaban J connectivity index is 1.62. The van der Waals surface area contributed by atoms with Gasteiger partial charge in [-0.25, -0.2) is 9.97 Å². The molecule has 2 aromatic rings. The minimum absolute atomic E-state index is 0.347. The second-order valence-electron chi connectivity index (χ2n) is 4.34. The van der Waals surface area contributed by atoms with Crippen molar-refractivity contribution in [3.8, 4) is 0 Å². The Morgan fingerprint density at radius 3 is 2.74 bits per heavy atom. The van der Waals surface area contributed by atoms with Crippen LogP contribution in [-0.2, 0) is 6.42 Å². The molecule has 1 atom stereocenters. The Labute approximate surface area is 116 Å². The first kappa shape index (κ1) is 12.2. The van der Waals surface area contributed by atoms with E-state index >= 15 is 0 Å². The Morgan fingerprint density at radius 2 is 1.95 bits per heavy atom. The molecule has 2 heterocycles. The normalized spacial score (nSPS) is 18.1. The van der Waals surface area contributed by atoms with Crippen molar-refractivity contribution in [2.24, 2.45) is 4.99 Å². The van der Waals surface area contributed by atoms with E-state index in [2.05, 4.69) is 39.6 Å². The van der Waals surface area contributed by atoms with Crippen molar-refractivity contribution in [2.45, 2.75) is 12.5 Å². The Bertz CT molecular complexity index is 556. The molecule has 1 aliphatic heterocycles. The van der Waals surface area contributed by atoms with E-state index in [1.165, 1.54) is 11.9 Å². The molecule has 1 aliphatic rings. The van der Waals surface area contributed by atoms with Crippen LogP contribution in [0.2, 0.25) is 0 Å². The summed E-state index contributed by atoms with van der Waals surface area (Å²) in [5.41, 5.74) is 2.22. The first-order valence-electron chi connectivity index (χ1n) is 6.17. The van der Waals surface area contributed by atoms with Gasteiger partial charge in [-0.3, -0.25) is 4.99 Å². The maximum absolute atomic E-state index is 4.69. The second-order valence-corrected chi connectivity index (χ2v) is 5.35. The van der Waals surface area contributed by atoms with E-state index in [9.17, 15) is 0 Å². The molecule has 0 amide bonds. The molecule has 0 saturated carbocycles. The van der Waals surface area contributed by atoms with E-state index in [-0.39, 0.29) is 0 Å². The molecule has 5 heteroatoms. The summed E-state index contributed by atoms with van der Waals surface area (Å²) in [4.78, 5) is 12.6. The van der Waals surface area contributed by atoms with Crippen LogP contribution in [0.3, 0.4) is 0 Å². The van der Waals surface area contributed by atoms with E-state index in [0.717, 1.165) is 23.0 Å². The molecule has 4 nitrogen and oxygen atoms in total. The molecule has 1 unspecified atom stereocenters. The summed E-state index contributed by atoms with van der Waals surface area (Å²) in [6.45, 7) is 0. The summed E-state index contributed by atoms with van der Waals surface area (Å²) in [6.07, 6.45) is 6.01. The lowest BCUT2D eigenvalue weighted by Crippen LogP contribution is -2.08. The standard InChI is InChI=1S/C14H14N4S/c1-2-4-11(5-3-1)6-12-9-19-14(17-12)18-13-7-15-10-16-8-13/h1-5,7-8,10,12H,6,9H2,(H,17,18). The number of amidine groups is 1. The number of thioether (sulfide) groups is 1. The first-order valence-corrected chi connectivity index (χ1v) is 7.15. The van der Waals surface area contributed by atoms with Gasteiger partial charge in [-0.05, 0) is 12.0 Å². The fourth-order valence-electron chi connectivity index (χ4n) is 1.96. The topological polar surface area (TPSA) is 50.2 Å². The van der Waals surface area contributed by atoms with Crippen molar-refractivity contribution < 1.29 is 0 Å². The highest BCUT2D eigenvalue weighted by atomic mass is 32.2. The van der Waals surface area contributed by atoms with Crippen molar-refractivity contribution in [3.05, 3.63) is 54.6 Å². The molecule has 1 aromatic heterocycles. The van der Waals surface area contributed by atoms with Crippen molar-refractivity contribution in [1.82, 2.24) is 9.97 Å². The molecule has 3 rings (SSSR count). The highest BCUT2D eigenvalue weighted by molar-refractivity contribution is 8.14. The third-order valence-corrected chi connectivity index (χ3v) is 3.87. The number of aliphatic imine (C=N–C) groups is 1. The Morgan fingerprint density at radius 1 is 1.16 bits per heavy atom. The van der Waals surface area contributed by atoms with Crippen molar-refractivity contribution in [1.29, 1.82) is 0 Å². The third-order valence-electron chi connectivity index (χ3n) is 2.84. The van der Waals surface area contributed by atoms with Gasteiger partial charge in [0, 0.05) is 5.75 Å². The molecule has 1 aromatic carbocycles. The average Bonchev–Trinajstić information content (AvgIpc) is 2.88. The van der Waals surface area contributed by atoms with Crippen LogP contribution in [0.25, 0.3) is 0 Å². The van der Waals surface area contributed by atoms with Crippen molar-refractivity contribution in [3.63, 3.8) is 0 Å². The number of hydrogen-bond acceptors (Lipinski definition) is 5. The lowest BCUT2D eigenvalue weighted by atomic mass is 10.1. The second kappa shape index (κ2) is 5.84. The number of hydrogen-bond donors (Lipinski definition) is 1. The largest absolute Gasteiger partial charge is 0.332 e. The predicted octanol–water partition coefficient (Wildman–Crippen LogP) is 2.60. The lowest BCUT2D eigenvalue weighted by Gasteiger charge is -2.04. The molecule has 1 N–H and O–H groups in total. The van der Waals surface area contributed by atoms with Crippen molar-refractivity contribution in [2.75, 3.05) is 11.1 Å². The van der Waals surface area contributed by atoms with Crippen LogP contribution in [0.5, 0.6) is 0 Å². The number of benzene rings is 1. The number of nitrogens with zero attached hydrogens (tertiary/aromatic N) is 3. The van der Waals surface area contributed by atoms with Crippen LogP contribution in [0.1, 0.15) is 5.56 Å². The van der Waals surface area contributed by atoms with Crippen LogP contribution in [-0.4, -0.2) is 26.9 Å². The number of rotatable bonds is 3. The van der Waals surface area contributed by atoms with Gasteiger partial charge in [0.1, 0.15) is 6.33 Å². The van der Waals surface area contributed by atoms with Crippen LogP contribution < -0.4 is 5.32 Å². The summed E-state index contributed by atoms with van der Waals surface area (Å²) in [7, 11) is 0. The number of anilines is 1. The van der Waals surface area contributed by atoms with Crippen LogP contribution in [0, 0.1) is 0 Å². The first-order chi connectivity index (χ1) is 9.40. The third kappa shape index (κ3) is 3.32. The molecule has 0 spiro atoms. The minimum atomic E-state index is 0.347. The maximum atomic E-state index is 4.69. The lowest BCUT2D eigenvalue weighted by molar-refractivity contribution is 0.762. The van der Waals surface area contributed by atoms with E-state index < -0.39 is 0 Å². The molecule has 0 aliphatic carbocycles. The van der Waals surface area contributed by atoms with E-state index in [1.54, 1.807) is 24.2 Å². The summed E-state index contributed by atoms with van der Waals surface area (Å²) in [5.74, 6) is 1.02. The average molecular weight is 270 g/mol. The van der Waals surface area contributed by atoms with Crippen LogP contribution in [0.15, 0.2) is 54.0 Å². The van der Waals surface area contributed by atoms with Gasteiger partial charge >= 0.3 is 0 Å². The summed E-state index contributed by atoms with van der Waals surface area (Å²) in [5, 5.41) is 4.20. The summed E-state index contributed by atoms with van der Waals surface area (Å²) < 4.78 is 0. The molecule has 96 valence electrons. The maximum Gasteiger partial charge on any atom is 0.161 e. The fourth-order valence-corrected chi connectivity index (χ4v) is 2.92. The summed E-state index contributed by atoms with van der Waals surface area (Å²) >= 11 is 1.75. The molecular weight excluding hydrogens is 256 g/mol. The molecule has 19 heavy (non-hydrogen) atoms. The van der Waals surface area contributed by atoms with Gasteiger partial charge in [-0.2, -0.15) is 0 Å². The quantitative estimate of drug-likeness (QED) is 0.931. The highest BCUT2D eigenvalue weighted by Gasteiger charge is 2.18. The van der Waals surface area contributed by atoms with Gasteiger partial charge < -0.3 is 5.32 Å². The smallest absolute Gasteiger partial charge is 0.161 e. The predicted molar refractivity (Wildman–Crippen MR) is 79.5 cm³/mol. The van der Waals surface area contributed by atoms with Gasteiger partial charge in [0.2, 0.25) is 0 Å². The SMILES string of the molecule is c1ccc(CC2CSC(Nc3cncnc3)=N2)cc1. The van der Waals surface area contributed by atoms with Crippen molar-refractivity contribution >= 4 is 22.6 Å². The zero-order valence-corrected chi connectivity index (χ0v) is 11.2. The molecule has 0 fully saturated rings. The monoisotopic (exact) mass is 270 g/mol. The van der Waals surface area contributed by atoms with E-state index in [1.807, 2.05) is 6.07 Å². The zero-order chi connectivity index (χ0) is 12.9. The minimum Gasteiger partial charge on any atom is -0.332 e. The summed E-state index contributed by atoms with van der Waals surface area (Å²) in [6, 6.07) is 10.8. The van der Waals surface area contributed by atoms with Crippen LogP contribution >= 0.6 is 11.8 Å². The Hall–Kier alpha value is -1.88.